The Morgan fingerprint density at radius 3 is 2.71 bits per heavy atom. The van der Waals surface area contributed by atoms with E-state index in [1.54, 1.807) is 30.5 Å². The molecule has 1 amide bonds. The molecule has 0 radical (unpaired) electrons. The topological polar surface area (TPSA) is 71.8 Å². The van der Waals surface area contributed by atoms with Crippen molar-refractivity contribution in [3.63, 3.8) is 0 Å². The fourth-order valence-electron chi connectivity index (χ4n) is 2.98. The minimum Gasteiger partial charge on any atom is -0.304 e. The van der Waals surface area contributed by atoms with Crippen molar-refractivity contribution in [3.8, 4) is 0 Å². The zero-order valence-corrected chi connectivity index (χ0v) is 13.8. The molecule has 0 spiro atoms. The summed E-state index contributed by atoms with van der Waals surface area (Å²) < 4.78 is 27.8. The number of hydrogen-bond donors (Lipinski definition) is 0. The van der Waals surface area contributed by atoms with Gasteiger partial charge in [-0.15, -0.1) is 0 Å². The van der Waals surface area contributed by atoms with Crippen LogP contribution in [-0.2, 0) is 22.3 Å². The van der Waals surface area contributed by atoms with Crippen LogP contribution in [0.5, 0.6) is 0 Å². The van der Waals surface area contributed by atoms with Crippen LogP contribution in [0, 0.1) is 6.92 Å². The van der Waals surface area contributed by atoms with E-state index in [9.17, 15) is 13.2 Å². The molecule has 7 heteroatoms. The zero-order valence-electron chi connectivity index (χ0n) is 13.0. The third-order valence-electron chi connectivity index (χ3n) is 4.20. The number of imidazole rings is 1. The van der Waals surface area contributed by atoms with Crippen molar-refractivity contribution < 1.29 is 13.2 Å². The molecule has 0 N–H and O–H groups in total. The molecule has 24 heavy (non-hydrogen) atoms. The van der Waals surface area contributed by atoms with E-state index >= 15 is 0 Å². The number of pyridine rings is 1. The number of sulfonamides is 1. The fraction of sp³-hybridized carbons (Fsp3) is 0.176. The highest BCUT2D eigenvalue weighted by atomic mass is 32.2. The van der Waals surface area contributed by atoms with Crippen LogP contribution < -0.4 is 0 Å². The number of carbonyl (C=O) groups is 1. The van der Waals surface area contributed by atoms with Crippen LogP contribution in [-0.4, -0.2) is 28.0 Å². The summed E-state index contributed by atoms with van der Waals surface area (Å²) in [6.07, 6.45) is 1.77. The Balaban J connectivity index is 1.75. The van der Waals surface area contributed by atoms with Crippen molar-refractivity contribution in [2.75, 3.05) is 0 Å². The van der Waals surface area contributed by atoms with Gasteiger partial charge in [0.2, 0.25) is 10.0 Å². The molecule has 0 aliphatic carbocycles. The highest BCUT2D eigenvalue weighted by Crippen LogP contribution is 2.26. The molecule has 122 valence electrons. The lowest BCUT2D eigenvalue weighted by atomic mass is 10.1. The van der Waals surface area contributed by atoms with Gasteiger partial charge < -0.3 is 4.40 Å². The Bertz CT molecular complexity index is 1070. The van der Waals surface area contributed by atoms with E-state index in [1.807, 2.05) is 29.5 Å². The SMILES string of the molecule is Cc1cccc2nc(CN3C(=O)c4ccccc4CS3(=O)=O)cn12. The van der Waals surface area contributed by atoms with Crippen LogP contribution in [0.2, 0.25) is 0 Å². The van der Waals surface area contributed by atoms with Gasteiger partial charge in [0.1, 0.15) is 5.65 Å². The Morgan fingerprint density at radius 1 is 1.12 bits per heavy atom. The van der Waals surface area contributed by atoms with Crippen LogP contribution in [0.3, 0.4) is 0 Å². The minimum atomic E-state index is -3.70. The van der Waals surface area contributed by atoms with Crippen molar-refractivity contribution in [1.29, 1.82) is 0 Å². The maximum absolute atomic E-state index is 12.6. The van der Waals surface area contributed by atoms with Gasteiger partial charge in [-0.3, -0.25) is 4.79 Å². The van der Waals surface area contributed by atoms with E-state index in [-0.39, 0.29) is 12.3 Å². The number of amides is 1. The van der Waals surface area contributed by atoms with Gasteiger partial charge in [0.15, 0.2) is 0 Å². The van der Waals surface area contributed by atoms with Crippen molar-refractivity contribution in [1.82, 2.24) is 13.7 Å². The van der Waals surface area contributed by atoms with Crippen molar-refractivity contribution in [2.45, 2.75) is 19.2 Å². The first-order valence-corrected chi connectivity index (χ1v) is 9.13. The molecule has 6 nitrogen and oxygen atoms in total. The number of aryl methyl sites for hydroxylation is 1. The summed E-state index contributed by atoms with van der Waals surface area (Å²) in [7, 11) is -3.70. The third kappa shape index (κ3) is 2.28. The van der Waals surface area contributed by atoms with Crippen LogP contribution in [0.4, 0.5) is 0 Å². The average molecular weight is 341 g/mol. The van der Waals surface area contributed by atoms with Gasteiger partial charge in [-0.1, -0.05) is 24.3 Å². The second-order valence-corrected chi connectivity index (χ2v) is 7.75. The number of hydrogen-bond acceptors (Lipinski definition) is 4. The summed E-state index contributed by atoms with van der Waals surface area (Å²) in [5.74, 6) is -0.660. The molecule has 0 fully saturated rings. The Hall–Kier alpha value is -2.67. The first kappa shape index (κ1) is 14.9. The van der Waals surface area contributed by atoms with Gasteiger partial charge in [-0.05, 0) is 30.7 Å². The van der Waals surface area contributed by atoms with E-state index in [0.29, 0.717) is 16.8 Å². The molecule has 2 aromatic heterocycles. The van der Waals surface area contributed by atoms with Crippen LogP contribution >= 0.6 is 0 Å². The second kappa shape index (κ2) is 5.17. The quantitative estimate of drug-likeness (QED) is 0.716. The van der Waals surface area contributed by atoms with Gasteiger partial charge in [0, 0.05) is 17.5 Å². The van der Waals surface area contributed by atoms with E-state index < -0.39 is 15.9 Å². The van der Waals surface area contributed by atoms with E-state index in [0.717, 1.165) is 15.6 Å². The minimum absolute atomic E-state index is 0.0589. The van der Waals surface area contributed by atoms with E-state index in [2.05, 4.69) is 4.98 Å². The molecule has 0 saturated carbocycles. The summed E-state index contributed by atoms with van der Waals surface area (Å²) in [6.45, 7) is 1.88. The Morgan fingerprint density at radius 2 is 1.92 bits per heavy atom. The van der Waals surface area contributed by atoms with Gasteiger partial charge in [0.25, 0.3) is 5.91 Å². The maximum atomic E-state index is 12.6. The fourth-order valence-corrected chi connectivity index (χ4v) is 4.46. The van der Waals surface area contributed by atoms with E-state index in [4.69, 9.17) is 0 Å². The largest absolute Gasteiger partial charge is 0.304 e. The van der Waals surface area contributed by atoms with E-state index in [1.165, 1.54) is 0 Å². The molecule has 0 bridgehead atoms. The third-order valence-corrected chi connectivity index (χ3v) is 5.84. The maximum Gasteiger partial charge on any atom is 0.268 e. The normalized spacial score (nSPS) is 16.4. The van der Waals surface area contributed by atoms with Crippen molar-refractivity contribution in [2.24, 2.45) is 0 Å². The Labute approximate surface area is 139 Å². The predicted octanol–water partition coefficient (Wildman–Crippen LogP) is 2.13. The van der Waals surface area contributed by atoms with Gasteiger partial charge >= 0.3 is 0 Å². The Kier molecular flexibility index (Phi) is 3.21. The first-order valence-electron chi connectivity index (χ1n) is 7.52. The highest BCUT2D eigenvalue weighted by molar-refractivity contribution is 7.89. The zero-order chi connectivity index (χ0) is 16.9. The number of benzene rings is 1. The molecule has 4 rings (SSSR count). The molecule has 3 aromatic rings. The van der Waals surface area contributed by atoms with Gasteiger partial charge in [0.05, 0.1) is 18.0 Å². The standard InChI is InChI=1S/C17H15N3O3S/c1-12-5-4-8-16-18-14(9-19(12)16)10-20-17(21)15-7-3-2-6-13(15)11-24(20,22)23/h2-9H,10-11H2,1H3. The number of rotatable bonds is 2. The molecule has 0 saturated heterocycles. The van der Waals surface area contributed by atoms with Crippen LogP contribution in [0.15, 0.2) is 48.7 Å². The lowest BCUT2D eigenvalue weighted by molar-refractivity contribution is 0.0848. The number of carbonyl (C=O) groups excluding carboxylic acids is 1. The summed E-state index contributed by atoms with van der Waals surface area (Å²) in [5.41, 5.74) is 3.24. The summed E-state index contributed by atoms with van der Waals surface area (Å²) in [6, 6.07) is 12.5. The number of nitrogens with zero attached hydrogens (tertiary/aromatic N) is 3. The molecule has 0 atom stereocenters. The lowest BCUT2D eigenvalue weighted by Gasteiger charge is -2.27. The van der Waals surface area contributed by atoms with Gasteiger partial charge in [-0.2, -0.15) is 0 Å². The monoisotopic (exact) mass is 341 g/mol. The second-order valence-electron chi connectivity index (χ2n) is 5.85. The summed E-state index contributed by atoms with van der Waals surface area (Å²) >= 11 is 0. The van der Waals surface area contributed by atoms with Crippen LogP contribution in [0.25, 0.3) is 5.65 Å². The molecule has 1 aliphatic heterocycles. The first-order chi connectivity index (χ1) is 11.5. The molecular formula is C17H15N3O3S. The van der Waals surface area contributed by atoms with Crippen LogP contribution in [0.1, 0.15) is 27.3 Å². The number of fused-ring (bicyclic) bond motifs is 2. The van der Waals surface area contributed by atoms with Crippen molar-refractivity contribution >= 4 is 21.6 Å². The molecule has 1 aromatic carbocycles. The predicted molar refractivity (Wildman–Crippen MR) is 88.9 cm³/mol. The van der Waals surface area contributed by atoms with Crippen molar-refractivity contribution in [3.05, 3.63) is 71.2 Å². The average Bonchev–Trinajstić information content (AvgIpc) is 2.95. The lowest BCUT2D eigenvalue weighted by Crippen LogP contribution is -2.41. The molecule has 1 aliphatic rings. The molecule has 3 heterocycles. The highest BCUT2D eigenvalue weighted by Gasteiger charge is 2.36. The van der Waals surface area contributed by atoms with Gasteiger partial charge in [-0.25, -0.2) is 17.7 Å². The summed E-state index contributed by atoms with van der Waals surface area (Å²) in [5, 5.41) is 0. The number of aromatic nitrogens is 2. The molecule has 0 unspecified atom stereocenters. The smallest absolute Gasteiger partial charge is 0.268 e. The summed E-state index contributed by atoms with van der Waals surface area (Å²) in [4.78, 5) is 17.1. The molecular weight excluding hydrogens is 326 g/mol.